The Bertz CT molecular complexity index is 444. The van der Waals surface area contributed by atoms with E-state index >= 15 is 0 Å². The molecular weight excluding hydrogens is 242 g/mol. The first kappa shape index (κ1) is 12.0. The number of hydrogen-bond acceptors (Lipinski definition) is 4. The highest BCUT2D eigenvalue weighted by molar-refractivity contribution is 7.09. The first-order chi connectivity index (χ1) is 8.61. The average molecular weight is 263 g/mol. The number of aliphatic imine (C=N–C) groups is 1. The van der Waals surface area contributed by atoms with Gasteiger partial charge in [-0.05, 0) is 36.1 Å². The number of guanidine groups is 1. The number of hydrogen-bond donors (Lipinski definition) is 1. The van der Waals surface area contributed by atoms with Gasteiger partial charge in [-0.15, -0.1) is 11.3 Å². The summed E-state index contributed by atoms with van der Waals surface area (Å²) in [6.45, 7) is 6.46. The first-order valence-electron chi connectivity index (χ1n) is 6.71. The minimum atomic E-state index is 0.239. The largest absolute Gasteiger partial charge is 0.370 e. The lowest BCUT2D eigenvalue weighted by Crippen LogP contribution is -2.59. The van der Waals surface area contributed by atoms with Gasteiger partial charge in [0.2, 0.25) is 0 Å². The average Bonchev–Trinajstić information content (AvgIpc) is 2.87. The molecule has 0 radical (unpaired) electrons. The smallest absolute Gasteiger partial charge is 0.192 e. The van der Waals surface area contributed by atoms with Gasteiger partial charge >= 0.3 is 0 Å². The Hall–Kier alpha value is -1.03. The van der Waals surface area contributed by atoms with Crippen molar-refractivity contribution < 1.29 is 0 Å². The fourth-order valence-electron chi connectivity index (χ4n) is 3.19. The Morgan fingerprint density at radius 2 is 2.33 bits per heavy atom. The number of thiophene rings is 1. The van der Waals surface area contributed by atoms with E-state index in [0.717, 1.165) is 30.9 Å². The zero-order valence-corrected chi connectivity index (χ0v) is 11.9. The van der Waals surface area contributed by atoms with Crippen molar-refractivity contribution in [2.75, 3.05) is 6.54 Å². The van der Waals surface area contributed by atoms with Gasteiger partial charge in [-0.25, -0.2) is 0 Å². The molecule has 1 saturated carbocycles. The molecule has 0 atom stereocenters. The van der Waals surface area contributed by atoms with Crippen LogP contribution in [0.3, 0.4) is 0 Å². The molecule has 2 N–H and O–H groups in total. The molecule has 0 unspecified atom stereocenters. The van der Waals surface area contributed by atoms with Crippen molar-refractivity contribution in [2.24, 2.45) is 22.6 Å². The van der Waals surface area contributed by atoms with E-state index in [1.54, 1.807) is 11.3 Å². The molecule has 2 aliphatic rings. The third-order valence-corrected chi connectivity index (χ3v) is 5.37. The maximum absolute atomic E-state index is 6.08. The Labute approximate surface area is 113 Å². The van der Waals surface area contributed by atoms with Crippen molar-refractivity contribution in [3.8, 4) is 0 Å². The van der Waals surface area contributed by atoms with Crippen LogP contribution in [0.15, 0.2) is 22.5 Å². The summed E-state index contributed by atoms with van der Waals surface area (Å²) < 4.78 is 0. The van der Waals surface area contributed by atoms with Crippen molar-refractivity contribution >= 4 is 17.3 Å². The summed E-state index contributed by atoms with van der Waals surface area (Å²) in [7, 11) is 0. The molecule has 1 aromatic heterocycles. The summed E-state index contributed by atoms with van der Waals surface area (Å²) in [5, 5.41) is 2.13. The van der Waals surface area contributed by atoms with Crippen molar-refractivity contribution in [1.29, 1.82) is 0 Å². The van der Waals surface area contributed by atoms with Crippen molar-refractivity contribution in [3.63, 3.8) is 0 Å². The van der Waals surface area contributed by atoms with Crippen molar-refractivity contribution in [2.45, 2.75) is 38.8 Å². The summed E-state index contributed by atoms with van der Waals surface area (Å²) in [5.74, 6) is 2.36. The topological polar surface area (TPSA) is 41.6 Å². The lowest BCUT2D eigenvalue weighted by Gasteiger charge is -2.52. The van der Waals surface area contributed by atoms with Crippen LogP contribution in [0.25, 0.3) is 0 Å². The van der Waals surface area contributed by atoms with Crippen LogP contribution in [0.2, 0.25) is 0 Å². The van der Waals surface area contributed by atoms with Crippen LogP contribution in [0.5, 0.6) is 0 Å². The minimum Gasteiger partial charge on any atom is -0.370 e. The van der Waals surface area contributed by atoms with Gasteiger partial charge in [0.1, 0.15) is 0 Å². The number of rotatable bonds is 3. The molecule has 0 bridgehead atoms. The third kappa shape index (κ3) is 1.83. The highest BCUT2D eigenvalue weighted by atomic mass is 32.1. The van der Waals surface area contributed by atoms with E-state index in [2.05, 4.69) is 41.3 Å². The number of nitrogens with zero attached hydrogens (tertiary/aromatic N) is 2. The first-order valence-corrected chi connectivity index (χ1v) is 7.59. The second-order valence-electron chi connectivity index (χ2n) is 5.98. The summed E-state index contributed by atoms with van der Waals surface area (Å²) in [6.07, 6.45) is 2.50. The summed E-state index contributed by atoms with van der Waals surface area (Å²) in [5.41, 5.74) is 6.32. The molecule has 1 fully saturated rings. The Kier molecular flexibility index (Phi) is 2.85. The summed E-state index contributed by atoms with van der Waals surface area (Å²) >= 11 is 1.80. The van der Waals surface area contributed by atoms with Crippen LogP contribution in [0.4, 0.5) is 0 Å². The molecule has 3 nitrogen and oxygen atoms in total. The van der Waals surface area contributed by atoms with E-state index in [1.165, 1.54) is 17.7 Å². The molecule has 4 heteroatoms. The van der Waals surface area contributed by atoms with Crippen LogP contribution in [0.1, 0.15) is 31.6 Å². The molecule has 3 rings (SSSR count). The lowest BCUT2D eigenvalue weighted by molar-refractivity contribution is 0.0149. The second-order valence-corrected chi connectivity index (χ2v) is 7.01. The van der Waals surface area contributed by atoms with Crippen LogP contribution in [0, 0.1) is 11.8 Å². The Balaban J connectivity index is 1.73. The molecule has 1 aliphatic heterocycles. The minimum absolute atomic E-state index is 0.239. The summed E-state index contributed by atoms with van der Waals surface area (Å²) in [6, 6.07) is 4.29. The van der Waals surface area contributed by atoms with E-state index in [1.807, 2.05) is 0 Å². The van der Waals surface area contributed by atoms with Gasteiger partial charge < -0.3 is 10.6 Å². The van der Waals surface area contributed by atoms with E-state index in [9.17, 15) is 0 Å². The van der Waals surface area contributed by atoms with Gasteiger partial charge in [-0.2, -0.15) is 0 Å². The maximum Gasteiger partial charge on any atom is 0.192 e. The van der Waals surface area contributed by atoms with Gasteiger partial charge in [0, 0.05) is 4.88 Å². The van der Waals surface area contributed by atoms with Crippen LogP contribution in [-0.2, 0) is 6.54 Å². The molecule has 0 amide bonds. The van der Waals surface area contributed by atoms with Gasteiger partial charge in [0.15, 0.2) is 5.96 Å². The molecule has 98 valence electrons. The maximum atomic E-state index is 6.08. The van der Waals surface area contributed by atoms with Gasteiger partial charge in [-0.1, -0.05) is 19.9 Å². The van der Waals surface area contributed by atoms with Crippen LogP contribution < -0.4 is 5.73 Å². The molecule has 1 spiro atoms. The second kappa shape index (κ2) is 4.26. The molecular formula is C14H21N3S. The van der Waals surface area contributed by atoms with Gasteiger partial charge in [0.25, 0.3) is 0 Å². The van der Waals surface area contributed by atoms with Crippen molar-refractivity contribution in [3.05, 3.63) is 22.4 Å². The predicted octanol–water partition coefficient (Wildman–Crippen LogP) is 2.68. The fraction of sp³-hybridized carbons (Fsp3) is 0.643. The van der Waals surface area contributed by atoms with E-state index < -0.39 is 0 Å². The normalized spacial score (nSPS) is 30.9. The fourth-order valence-corrected chi connectivity index (χ4v) is 3.88. The SMILES string of the molecule is CC(C)C1CC2(CN=C(N)N2Cc2cccs2)C1. The molecule has 0 aromatic carbocycles. The molecule has 1 aromatic rings. The summed E-state index contributed by atoms with van der Waals surface area (Å²) in [4.78, 5) is 8.21. The Morgan fingerprint density at radius 3 is 2.94 bits per heavy atom. The van der Waals surface area contributed by atoms with E-state index in [0.29, 0.717) is 0 Å². The lowest BCUT2D eigenvalue weighted by atomic mass is 9.63. The zero-order chi connectivity index (χ0) is 12.8. The molecule has 1 aliphatic carbocycles. The number of nitrogens with two attached hydrogens (primary N) is 1. The van der Waals surface area contributed by atoms with Crippen LogP contribution in [-0.4, -0.2) is 22.9 Å². The molecule has 18 heavy (non-hydrogen) atoms. The highest BCUT2D eigenvalue weighted by Crippen LogP contribution is 2.48. The highest BCUT2D eigenvalue weighted by Gasteiger charge is 2.52. The Morgan fingerprint density at radius 1 is 1.56 bits per heavy atom. The zero-order valence-electron chi connectivity index (χ0n) is 11.1. The monoisotopic (exact) mass is 263 g/mol. The predicted molar refractivity (Wildman–Crippen MR) is 76.6 cm³/mol. The molecule has 0 saturated heterocycles. The quantitative estimate of drug-likeness (QED) is 0.911. The van der Waals surface area contributed by atoms with Crippen LogP contribution >= 0.6 is 11.3 Å². The standard InChI is InChI=1S/C14H21N3S/c1-10(2)11-6-14(7-11)9-16-13(15)17(14)8-12-4-3-5-18-12/h3-5,10-11H,6-9H2,1-2H3,(H2,15,16). The van der Waals surface area contributed by atoms with Gasteiger partial charge in [0.05, 0.1) is 18.6 Å². The van der Waals surface area contributed by atoms with Gasteiger partial charge in [-0.3, -0.25) is 4.99 Å². The van der Waals surface area contributed by atoms with Crippen molar-refractivity contribution in [1.82, 2.24) is 4.90 Å². The third-order valence-electron chi connectivity index (χ3n) is 4.51. The van der Waals surface area contributed by atoms with E-state index in [4.69, 9.17) is 5.73 Å². The van der Waals surface area contributed by atoms with E-state index in [-0.39, 0.29) is 5.54 Å². The molecule has 2 heterocycles.